The minimum atomic E-state index is -1.48. The standard InChI is InChI=1S/C18H22FNO4/c1-24-13-4-2-3-12(11-13)18(19)7-9-20(10-8-18)16(21)14-5-6-15(14)17(22)23/h2-4,11,14-15H,5-10H2,1H3,(H,22,23). The molecule has 1 amide bonds. The summed E-state index contributed by atoms with van der Waals surface area (Å²) >= 11 is 0. The van der Waals surface area contributed by atoms with E-state index in [4.69, 9.17) is 9.84 Å². The van der Waals surface area contributed by atoms with Crippen molar-refractivity contribution in [3.05, 3.63) is 29.8 Å². The van der Waals surface area contributed by atoms with Crippen molar-refractivity contribution in [2.24, 2.45) is 11.8 Å². The Kier molecular flexibility index (Phi) is 4.47. The smallest absolute Gasteiger partial charge is 0.307 e. The molecule has 0 bridgehead atoms. The molecule has 2 aliphatic rings. The lowest BCUT2D eigenvalue weighted by Crippen LogP contribution is -2.50. The number of hydrogen-bond acceptors (Lipinski definition) is 3. The number of nitrogens with zero attached hydrogens (tertiary/aromatic N) is 1. The second-order valence-electron chi connectivity index (χ2n) is 6.65. The fourth-order valence-electron chi connectivity index (χ4n) is 3.60. The molecule has 1 aromatic rings. The van der Waals surface area contributed by atoms with Gasteiger partial charge in [-0.25, -0.2) is 4.39 Å². The zero-order valence-electron chi connectivity index (χ0n) is 13.7. The molecule has 1 saturated carbocycles. The summed E-state index contributed by atoms with van der Waals surface area (Å²) in [6.07, 6.45) is 1.60. The van der Waals surface area contributed by atoms with Gasteiger partial charge in [0.1, 0.15) is 11.4 Å². The SMILES string of the molecule is COc1cccc(C2(F)CCN(C(=O)C3CCC3C(=O)O)CC2)c1. The van der Waals surface area contributed by atoms with Crippen LogP contribution in [0.5, 0.6) is 5.75 Å². The van der Waals surface area contributed by atoms with Gasteiger partial charge in [0.25, 0.3) is 0 Å². The maximum absolute atomic E-state index is 15.3. The molecule has 130 valence electrons. The number of likely N-dealkylation sites (tertiary alicyclic amines) is 1. The van der Waals surface area contributed by atoms with E-state index >= 15 is 4.39 Å². The van der Waals surface area contributed by atoms with Crippen molar-refractivity contribution in [3.63, 3.8) is 0 Å². The monoisotopic (exact) mass is 335 g/mol. The number of amides is 1. The molecule has 3 rings (SSSR count). The lowest BCUT2D eigenvalue weighted by Gasteiger charge is -2.41. The summed E-state index contributed by atoms with van der Waals surface area (Å²) in [5.41, 5.74) is -0.905. The summed E-state index contributed by atoms with van der Waals surface area (Å²) < 4.78 is 20.4. The van der Waals surface area contributed by atoms with Gasteiger partial charge in [-0.05, 0) is 30.5 Å². The molecule has 1 aromatic carbocycles. The molecule has 1 heterocycles. The number of rotatable bonds is 4. The second kappa shape index (κ2) is 6.42. The van der Waals surface area contributed by atoms with Crippen LogP contribution in [0, 0.1) is 11.8 Å². The zero-order valence-corrected chi connectivity index (χ0v) is 13.7. The fourth-order valence-corrected chi connectivity index (χ4v) is 3.60. The summed E-state index contributed by atoms with van der Waals surface area (Å²) in [6.45, 7) is 0.630. The van der Waals surface area contributed by atoms with E-state index < -0.39 is 23.5 Å². The van der Waals surface area contributed by atoms with Crippen LogP contribution in [-0.4, -0.2) is 42.1 Å². The van der Waals surface area contributed by atoms with Gasteiger partial charge in [0.05, 0.1) is 18.9 Å². The summed E-state index contributed by atoms with van der Waals surface area (Å²) in [5, 5.41) is 9.09. The number of carboxylic acids is 1. The Balaban J connectivity index is 1.64. The van der Waals surface area contributed by atoms with Gasteiger partial charge >= 0.3 is 5.97 Å². The van der Waals surface area contributed by atoms with E-state index in [1.54, 1.807) is 36.3 Å². The predicted octanol–water partition coefficient (Wildman–Crippen LogP) is 2.59. The maximum atomic E-state index is 15.3. The van der Waals surface area contributed by atoms with Crippen LogP contribution in [-0.2, 0) is 15.3 Å². The number of aliphatic carboxylic acids is 1. The van der Waals surface area contributed by atoms with Gasteiger partial charge < -0.3 is 14.7 Å². The first kappa shape index (κ1) is 16.7. The molecule has 2 fully saturated rings. The van der Waals surface area contributed by atoms with Crippen molar-refractivity contribution < 1.29 is 23.8 Å². The highest BCUT2D eigenvalue weighted by molar-refractivity contribution is 5.86. The van der Waals surface area contributed by atoms with Gasteiger partial charge in [-0.1, -0.05) is 12.1 Å². The van der Waals surface area contributed by atoms with Gasteiger partial charge in [-0.2, -0.15) is 0 Å². The molecule has 1 aliphatic carbocycles. The van der Waals surface area contributed by atoms with Crippen molar-refractivity contribution >= 4 is 11.9 Å². The Labute approximate surface area is 140 Å². The van der Waals surface area contributed by atoms with Crippen LogP contribution >= 0.6 is 0 Å². The number of piperidine rings is 1. The molecular formula is C18H22FNO4. The van der Waals surface area contributed by atoms with Crippen LogP contribution < -0.4 is 4.74 Å². The minimum absolute atomic E-state index is 0.138. The number of carbonyl (C=O) groups excluding carboxylic acids is 1. The summed E-state index contributed by atoms with van der Waals surface area (Å²) in [5.74, 6) is -1.45. The molecule has 5 nitrogen and oxygen atoms in total. The van der Waals surface area contributed by atoms with Gasteiger partial charge in [0.2, 0.25) is 5.91 Å². The first-order valence-corrected chi connectivity index (χ1v) is 8.29. The summed E-state index contributed by atoms with van der Waals surface area (Å²) in [4.78, 5) is 25.2. The third-order valence-electron chi connectivity index (χ3n) is 5.36. The number of benzene rings is 1. The Morgan fingerprint density at radius 3 is 2.46 bits per heavy atom. The molecule has 6 heteroatoms. The Morgan fingerprint density at radius 2 is 1.92 bits per heavy atom. The topological polar surface area (TPSA) is 66.8 Å². The molecule has 24 heavy (non-hydrogen) atoms. The van der Waals surface area contributed by atoms with Crippen LogP contribution in [0.2, 0.25) is 0 Å². The lowest BCUT2D eigenvalue weighted by molar-refractivity contribution is -0.157. The first-order chi connectivity index (χ1) is 11.4. The number of halogens is 1. The Hall–Kier alpha value is -2.11. The number of carboxylic acid groups (broad SMARTS) is 1. The van der Waals surface area contributed by atoms with Crippen molar-refractivity contribution in [2.75, 3.05) is 20.2 Å². The maximum Gasteiger partial charge on any atom is 0.307 e. The van der Waals surface area contributed by atoms with Crippen LogP contribution in [0.4, 0.5) is 4.39 Å². The fraction of sp³-hybridized carbons (Fsp3) is 0.556. The predicted molar refractivity (Wildman–Crippen MR) is 85.4 cm³/mol. The van der Waals surface area contributed by atoms with Gasteiger partial charge in [-0.3, -0.25) is 9.59 Å². The first-order valence-electron chi connectivity index (χ1n) is 8.29. The minimum Gasteiger partial charge on any atom is -0.497 e. The highest BCUT2D eigenvalue weighted by Crippen LogP contribution is 2.41. The molecule has 1 aliphatic heterocycles. The number of hydrogen-bond donors (Lipinski definition) is 1. The van der Waals surface area contributed by atoms with Gasteiger partial charge in [-0.15, -0.1) is 0 Å². The molecule has 0 aromatic heterocycles. The van der Waals surface area contributed by atoms with Gasteiger partial charge in [0.15, 0.2) is 0 Å². The average molecular weight is 335 g/mol. The largest absolute Gasteiger partial charge is 0.497 e. The van der Waals surface area contributed by atoms with E-state index in [9.17, 15) is 9.59 Å². The van der Waals surface area contributed by atoms with E-state index in [0.29, 0.717) is 37.2 Å². The highest BCUT2D eigenvalue weighted by Gasteiger charge is 2.45. The number of ether oxygens (including phenoxy) is 1. The van der Waals surface area contributed by atoms with Crippen molar-refractivity contribution in [2.45, 2.75) is 31.4 Å². The van der Waals surface area contributed by atoms with Crippen LogP contribution in [0.1, 0.15) is 31.2 Å². The van der Waals surface area contributed by atoms with E-state index in [-0.39, 0.29) is 18.7 Å². The van der Waals surface area contributed by atoms with Crippen molar-refractivity contribution in [1.29, 1.82) is 0 Å². The third-order valence-corrected chi connectivity index (χ3v) is 5.36. The molecule has 0 spiro atoms. The molecule has 2 unspecified atom stereocenters. The second-order valence-corrected chi connectivity index (χ2v) is 6.65. The summed E-state index contributed by atoms with van der Waals surface area (Å²) in [6, 6.07) is 6.98. The van der Waals surface area contributed by atoms with Crippen LogP contribution in [0.25, 0.3) is 0 Å². The molecular weight excluding hydrogens is 313 g/mol. The number of carbonyl (C=O) groups is 2. The third kappa shape index (κ3) is 2.97. The van der Waals surface area contributed by atoms with Crippen molar-refractivity contribution in [1.82, 2.24) is 4.90 Å². The van der Waals surface area contributed by atoms with Crippen LogP contribution in [0.15, 0.2) is 24.3 Å². The number of methoxy groups -OCH3 is 1. The number of alkyl halides is 1. The quantitative estimate of drug-likeness (QED) is 0.918. The molecule has 2 atom stereocenters. The van der Waals surface area contributed by atoms with E-state index in [1.165, 1.54) is 0 Å². The van der Waals surface area contributed by atoms with E-state index in [1.807, 2.05) is 0 Å². The van der Waals surface area contributed by atoms with E-state index in [2.05, 4.69) is 0 Å². The van der Waals surface area contributed by atoms with Crippen LogP contribution in [0.3, 0.4) is 0 Å². The highest BCUT2D eigenvalue weighted by atomic mass is 19.1. The normalized spacial score (nSPS) is 25.7. The van der Waals surface area contributed by atoms with Crippen molar-refractivity contribution in [3.8, 4) is 5.75 Å². The lowest BCUT2D eigenvalue weighted by atomic mass is 9.72. The average Bonchev–Trinajstić information content (AvgIpc) is 2.54. The molecule has 1 N–H and O–H groups in total. The Morgan fingerprint density at radius 1 is 1.25 bits per heavy atom. The molecule has 0 radical (unpaired) electrons. The molecule has 1 saturated heterocycles. The van der Waals surface area contributed by atoms with E-state index in [0.717, 1.165) is 0 Å². The van der Waals surface area contributed by atoms with Gasteiger partial charge in [0, 0.05) is 25.9 Å². The Bertz CT molecular complexity index is 640. The zero-order chi connectivity index (χ0) is 17.3. The summed E-state index contributed by atoms with van der Waals surface area (Å²) in [7, 11) is 1.54.